The minimum Gasteiger partial charge on any atom is -0.504 e. The second-order valence-electron chi connectivity index (χ2n) is 6.85. The van der Waals surface area contributed by atoms with Gasteiger partial charge < -0.3 is 15.1 Å². The Morgan fingerprint density at radius 1 is 1.07 bits per heavy atom. The summed E-state index contributed by atoms with van der Waals surface area (Å²) in [6.45, 7) is 0.716. The van der Waals surface area contributed by atoms with Crippen molar-refractivity contribution in [3.8, 4) is 11.5 Å². The summed E-state index contributed by atoms with van der Waals surface area (Å²) in [5, 5.41) is 18.5. The van der Waals surface area contributed by atoms with Crippen molar-refractivity contribution in [1.82, 2.24) is 9.80 Å². The maximum atomic E-state index is 12.7. The van der Waals surface area contributed by atoms with Gasteiger partial charge in [-0.05, 0) is 53.1 Å². The number of carbonyl (C=O) groups excluding carboxylic acids is 3. The molecule has 1 saturated heterocycles. The molecule has 0 aliphatic carbocycles. The van der Waals surface area contributed by atoms with E-state index in [1.165, 1.54) is 29.8 Å². The van der Waals surface area contributed by atoms with Crippen LogP contribution in [0.5, 0.6) is 11.5 Å². The molecular formula is C21H18N2O5S. The zero-order valence-electron chi connectivity index (χ0n) is 15.4. The normalized spacial score (nSPS) is 17.7. The van der Waals surface area contributed by atoms with Gasteiger partial charge in [0.05, 0.1) is 4.91 Å². The second kappa shape index (κ2) is 7.63. The van der Waals surface area contributed by atoms with Crippen molar-refractivity contribution in [2.24, 2.45) is 0 Å². The van der Waals surface area contributed by atoms with E-state index in [-0.39, 0.29) is 28.9 Å². The van der Waals surface area contributed by atoms with Crippen LogP contribution in [0.2, 0.25) is 0 Å². The summed E-state index contributed by atoms with van der Waals surface area (Å²) >= 11 is 0.748. The molecule has 29 heavy (non-hydrogen) atoms. The van der Waals surface area contributed by atoms with Gasteiger partial charge in [0, 0.05) is 13.1 Å². The maximum Gasteiger partial charge on any atom is 0.294 e. The lowest BCUT2D eigenvalue weighted by Crippen LogP contribution is -2.44. The summed E-state index contributed by atoms with van der Waals surface area (Å²) in [6, 6.07) is 12.0. The summed E-state index contributed by atoms with van der Waals surface area (Å²) in [5.41, 5.74) is 2.75. The fraction of sp³-hybridized carbons (Fsp3) is 0.190. The Balaban J connectivity index is 1.46. The molecule has 8 heteroatoms. The number of hydrogen-bond donors (Lipinski definition) is 2. The van der Waals surface area contributed by atoms with E-state index in [2.05, 4.69) is 0 Å². The van der Waals surface area contributed by atoms with E-state index in [1.807, 2.05) is 24.3 Å². The highest BCUT2D eigenvalue weighted by molar-refractivity contribution is 8.18. The van der Waals surface area contributed by atoms with Crippen LogP contribution < -0.4 is 0 Å². The van der Waals surface area contributed by atoms with E-state index in [1.54, 1.807) is 4.90 Å². The number of thioether (sulfide) groups is 1. The Hall–Kier alpha value is -3.26. The van der Waals surface area contributed by atoms with Gasteiger partial charge in [-0.15, -0.1) is 0 Å². The molecule has 148 valence electrons. The standard InChI is InChI=1S/C21H18N2O5S/c24-16-6-5-13(9-17(16)25)10-18-20(27)23(21(28)29-18)12-19(26)22-8-7-14-3-1-2-4-15(14)11-22/h1-6,9-10,24-25H,7-8,11-12H2/b18-10+. The van der Waals surface area contributed by atoms with Gasteiger partial charge in [0.2, 0.25) is 5.91 Å². The second-order valence-corrected chi connectivity index (χ2v) is 7.84. The van der Waals surface area contributed by atoms with Crippen LogP contribution in [-0.2, 0) is 22.6 Å². The van der Waals surface area contributed by atoms with E-state index >= 15 is 0 Å². The Bertz CT molecular complexity index is 1050. The Kier molecular flexibility index (Phi) is 5.02. The average Bonchev–Trinajstić information content (AvgIpc) is 2.97. The fourth-order valence-corrected chi connectivity index (χ4v) is 4.20. The Labute approximate surface area is 171 Å². The first-order valence-electron chi connectivity index (χ1n) is 9.04. The Morgan fingerprint density at radius 2 is 1.83 bits per heavy atom. The van der Waals surface area contributed by atoms with Gasteiger partial charge in [-0.25, -0.2) is 0 Å². The molecule has 2 aromatic carbocycles. The highest BCUT2D eigenvalue weighted by Crippen LogP contribution is 2.34. The van der Waals surface area contributed by atoms with E-state index in [9.17, 15) is 24.6 Å². The van der Waals surface area contributed by atoms with Crippen molar-refractivity contribution < 1.29 is 24.6 Å². The number of rotatable bonds is 3. The third kappa shape index (κ3) is 3.84. The summed E-state index contributed by atoms with van der Waals surface area (Å²) in [6.07, 6.45) is 2.19. The van der Waals surface area contributed by atoms with Crippen molar-refractivity contribution in [3.63, 3.8) is 0 Å². The minimum atomic E-state index is -0.543. The van der Waals surface area contributed by atoms with Crippen LogP contribution in [0, 0.1) is 0 Å². The van der Waals surface area contributed by atoms with Crippen molar-refractivity contribution in [2.75, 3.05) is 13.1 Å². The molecule has 2 heterocycles. The lowest BCUT2D eigenvalue weighted by atomic mass is 10.00. The van der Waals surface area contributed by atoms with Crippen LogP contribution in [0.25, 0.3) is 6.08 Å². The predicted octanol–water partition coefficient (Wildman–Crippen LogP) is 2.72. The zero-order valence-corrected chi connectivity index (χ0v) is 16.2. The van der Waals surface area contributed by atoms with Gasteiger partial charge in [-0.2, -0.15) is 0 Å². The number of nitrogens with zero attached hydrogens (tertiary/aromatic N) is 2. The van der Waals surface area contributed by atoms with Gasteiger partial charge in [-0.1, -0.05) is 30.3 Å². The highest BCUT2D eigenvalue weighted by Gasteiger charge is 2.37. The first-order chi connectivity index (χ1) is 13.9. The van der Waals surface area contributed by atoms with Crippen LogP contribution in [0.1, 0.15) is 16.7 Å². The zero-order chi connectivity index (χ0) is 20.5. The third-order valence-electron chi connectivity index (χ3n) is 4.95. The number of phenols is 2. The number of hydrogen-bond acceptors (Lipinski definition) is 6. The predicted molar refractivity (Wildman–Crippen MR) is 108 cm³/mol. The van der Waals surface area contributed by atoms with Crippen molar-refractivity contribution in [2.45, 2.75) is 13.0 Å². The fourth-order valence-electron chi connectivity index (χ4n) is 3.36. The van der Waals surface area contributed by atoms with Crippen molar-refractivity contribution in [3.05, 3.63) is 64.1 Å². The Morgan fingerprint density at radius 3 is 2.59 bits per heavy atom. The molecule has 0 unspecified atom stereocenters. The topological polar surface area (TPSA) is 98.1 Å². The molecule has 2 N–H and O–H groups in total. The molecule has 0 radical (unpaired) electrons. The molecule has 3 amide bonds. The average molecular weight is 410 g/mol. The molecule has 0 saturated carbocycles. The van der Waals surface area contributed by atoms with Crippen LogP contribution >= 0.6 is 11.8 Å². The summed E-state index contributed by atoms with van der Waals surface area (Å²) in [5.74, 6) is -1.41. The molecule has 2 aromatic rings. The number of fused-ring (bicyclic) bond motifs is 1. The number of aromatic hydroxyl groups is 2. The maximum absolute atomic E-state index is 12.7. The molecule has 2 aliphatic heterocycles. The van der Waals surface area contributed by atoms with Crippen LogP contribution in [-0.4, -0.2) is 50.2 Å². The van der Waals surface area contributed by atoms with E-state index in [0.29, 0.717) is 18.7 Å². The first kappa shape index (κ1) is 19.1. The summed E-state index contributed by atoms with van der Waals surface area (Å²) < 4.78 is 0. The van der Waals surface area contributed by atoms with Gasteiger partial charge in [0.25, 0.3) is 11.1 Å². The number of imide groups is 1. The van der Waals surface area contributed by atoms with Gasteiger partial charge in [0.1, 0.15) is 6.54 Å². The monoisotopic (exact) mass is 410 g/mol. The quantitative estimate of drug-likeness (QED) is 0.596. The van der Waals surface area contributed by atoms with Crippen LogP contribution in [0.3, 0.4) is 0 Å². The van der Waals surface area contributed by atoms with E-state index in [0.717, 1.165) is 28.6 Å². The highest BCUT2D eigenvalue weighted by atomic mass is 32.2. The lowest BCUT2D eigenvalue weighted by Gasteiger charge is -2.29. The summed E-state index contributed by atoms with van der Waals surface area (Å²) in [7, 11) is 0. The smallest absolute Gasteiger partial charge is 0.294 e. The molecule has 0 atom stereocenters. The minimum absolute atomic E-state index is 0.164. The van der Waals surface area contributed by atoms with E-state index in [4.69, 9.17) is 0 Å². The SMILES string of the molecule is O=C(CN1C(=O)S/C(=C/c2ccc(O)c(O)c2)C1=O)N1CCc2ccccc2C1. The van der Waals surface area contributed by atoms with E-state index < -0.39 is 11.1 Å². The van der Waals surface area contributed by atoms with Gasteiger partial charge >= 0.3 is 0 Å². The van der Waals surface area contributed by atoms with Gasteiger partial charge in [-0.3, -0.25) is 19.3 Å². The van der Waals surface area contributed by atoms with Gasteiger partial charge in [0.15, 0.2) is 11.5 Å². The number of carbonyl (C=O) groups is 3. The van der Waals surface area contributed by atoms with Crippen LogP contribution in [0.15, 0.2) is 47.4 Å². The molecule has 2 aliphatic rings. The number of phenolic OH excluding ortho intramolecular Hbond substituents is 2. The molecular weight excluding hydrogens is 392 g/mol. The molecule has 7 nitrogen and oxygen atoms in total. The third-order valence-corrected chi connectivity index (χ3v) is 5.85. The number of benzene rings is 2. The van der Waals surface area contributed by atoms with Crippen LogP contribution in [0.4, 0.5) is 4.79 Å². The van der Waals surface area contributed by atoms with Crippen molar-refractivity contribution in [1.29, 1.82) is 0 Å². The largest absolute Gasteiger partial charge is 0.504 e. The summed E-state index contributed by atoms with van der Waals surface area (Å²) in [4.78, 5) is 40.4. The molecule has 4 rings (SSSR count). The molecule has 0 spiro atoms. The molecule has 0 aromatic heterocycles. The lowest BCUT2D eigenvalue weighted by molar-refractivity contribution is -0.136. The number of amides is 3. The first-order valence-corrected chi connectivity index (χ1v) is 9.86. The van der Waals surface area contributed by atoms with Crippen molar-refractivity contribution >= 4 is 34.9 Å². The molecule has 0 bridgehead atoms. The molecule has 1 fully saturated rings.